The maximum absolute atomic E-state index is 6.05. The number of hydrogen-bond acceptors (Lipinski definition) is 3. The summed E-state index contributed by atoms with van der Waals surface area (Å²) in [6.07, 6.45) is 0.975. The average molecular weight is 191 g/mol. The van der Waals surface area contributed by atoms with Gasteiger partial charge in [-0.1, -0.05) is 13.8 Å². The zero-order valence-electron chi connectivity index (χ0n) is 6.62. The van der Waals surface area contributed by atoms with Crippen LogP contribution in [0, 0.1) is 0 Å². The fourth-order valence-electron chi connectivity index (χ4n) is 0.888. The zero-order chi connectivity index (χ0) is 8.27. The third kappa shape index (κ3) is 2.14. The first-order valence-corrected chi connectivity index (χ1v) is 4.97. The van der Waals surface area contributed by atoms with E-state index in [9.17, 15) is 0 Å². The summed E-state index contributed by atoms with van der Waals surface area (Å²) in [4.78, 5) is 0. The third-order valence-electron chi connectivity index (χ3n) is 1.70. The first-order valence-electron chi connectivity index (χ1n) is 3.65. The summed E-state index contributed by atoms with van der Waals surface area (Å²) >= 11 is 7.61. The Morgan fingerprint density at radius 2 is 2.45 bits per heavy atom. The number of halogens is 1. The van der Waals surface area contributed by atoms with Crippen LogP contribution in [0.25, 0.3) is 0 Å². The predicted molar refractivity (Wildman–Crippen MR) is 48.3 cm³/mol. The lowest BCUT2D eigenvalue weighted by Gasteiger charge is -2.11. The Hall–Kier alpha value is -0.150. The van der Waals surface area contributed by atoms with Crippen LogP contribution >= 0.6 is 22.9 Å². The van der Waals surface area contributed by atoms with E-state index in [4.69, 9.17) is 11.6 Å². The minimum absolute atomic E-state index is 0.183. The maximum Gasteiger partial charge on any atom is 0.121 e. The van der Waals surface area contributed by atoms with Crippen molar-refractivity contribution in [1.29, 1.82) is 0 Å². The molecule has 0 aliphatic carbocycles. The fraction of sp³-hybridized carbons (Fsp3) is 0.714. The van der Waals surface area contributed by atoms with Crippen LogP contribution in [0.15, 0.2) is 5.51 Å². The normalized spacial score (nSPS) is 16.3. The molecule has 0 aromatic carbocycles. The second kappa shape index (κ2) is 4.02. The predicted octanol–water partition coefficient (Wildman–Crippen LogP) is 2.66. The molecule has 0 saturated carbocycles. The van der Waals surface area contributed by atoms with Gasteiger partial charge in [0.05, 0.1) is 0 Å². The van der Waals surface area contributed by atoms with Gasteiger partial charge in [-0.15, -0.1) is 33.1 Å². The van der Waals surface area contributed by atoms with Crippen LogP contribution in [0.3, 0.4) is 0 Å². The summed E-state index contributed by atoms with van der Waals surface area (Å²) in [7, 11) is 0. The smallest absolute Gasteiger partial charge is 0.121 e. The van der Waals surface area contributed by atoms with Crippen molar-refractivity contribution in [2.24, 2.45) is 0 Å². The second-order valence-electron chi connectivity index (χ2n) is 2.49. The summed E-state index contributed by atoms with van der Waals surface area (Å²) in [5.74, 6) is 0.328. The maximum atomic E-state index is 6.05. The highest BCUT2D eigenvalue weighted by Gasteiger charge is 2.16. The minimum Gasteiger partial charge on any atom is -0.147 e. The number of hydrogen-bond donors (Lipinski definition) is 0. The van der Waals surface area contributed by atoms with Crippen molar-refractivity contribution in [1.82, 2.24) is 10.2 Å². The molecule has 11 heavy (non-hydrogen) atoms. The van der Waals surface area contributed by atoms with Crippen LogP contribution in [0.2, 0.25) is 0 Å². The number of aromatic nitrogens is 2. The molecule has 1 aromatic heterocycles. The quantitative estimate of drug-likeness (QED) is 0.685. The molecule has 1 aromatic rings. The first kappa shape index (κ1) is 8.94. The molecule has 0 bridgehead atoms. The zero-order valence-corrected chi connectivity index (χ0v) is 8.19. The van der Waals surface area contributed by atoms with E-state index in [0.717, 1.165) is 11.4 Å². The lowest BCUT2D eigenvalue weighted by Crippen LogP contribution is -2.07. The van der Waals surface area contributed by atoms with Gasteiger partial charge in [0, 0.05) is 11.3 Å². The molecule has 0 saturated heterocycles. The van der Waals surface area contributed by atoms with Crippen molar-refractivity contribution in [3.05, 3.63) is 10.5 Å². The molecule has 4 heteroatoms. The molecule has 1 rings (SSSR count). The van der Waals surface area contributed by atoms with Crippen molar-refractivity contribution in [3.8, 4) is 0 Å². The van der Waals surface area contributed by atoms with Gasteiger partial charge in [-0.3, -0.25) is 0 Å². The molecule has 0 radical (unpaired) electrons. The van der Waals surface area contributed by atoms with Crippen LogP contribution < -0.4 is 0 Å². The van der Waals surface area contributed by atoms with Gasteiger partial charge in [0.25, 0.3) is 0 Å². The monoisotopic (exact) mass is 190 g/mol. The number of rotatable bonds is 3. The van der Waals surface area contributed by atoms with E-state index in [2.05, 4.69) is 24.0 Å². The van der Waals surface area contributed by atoms with Crippen molar-refractivity contribution in [3.63, 3.8) is 0 Å². The summed E-state index contributed by atoms with van der Waals surface area (Å²) in [5, 5.41) is 8.96. The molecule has 0 aliphatic rings. The lowest BCUT2D eigenvalue weighted by molar-refractivity contribution is 0.663. The van der Waals surface area contributed by atoms with E-state index in [1.807, 2.05) is 0 Å². The van der Waals surface area contributed by atoms with Gasteiger partial charge in [-0.25, -0.2) is 0 Å². The molecule has 0 spiro atoms. The van der Waals surface area contributed by atoms with Crippen molar-refractivity contribution in [2.75, 3.05) is 0 Å². The number of nitrogens with zero attached hydrogens (tertiary/aromatic N) is 2. The first-order chi connectivity index (χ1) is 5.25. The topological polar surface area (TPSA) is 25.8 Å². The molecule has 1 heterocycles. The SMILES string of the molecule is CCC(Cl)C(C)c1nncs1. The van der Waals surface area contributed by atoms with E-state index < -0.39 is 0 Å². The molecule has 2 atom stereocenters. The Morgan fingerprint density at radius 1 is 1.73 bits per heavy atom. The third-order valence-corrected chi connectivity index (χ3v) is 3.28. The molecule has 62 valence electrons. The van der Waals surface area contributed by atoms with Gasteiger partial charge >= 0.3 is 0 Å². The Morgan fingerprint density at radius 3 is 2.91 bits per heavy atom. The van der Waals surface area contributed by atoms with Crippen LogP contribution in [0.4, 0.5) is 0 Å². The molecule has 2 unspecified atom stereocenters. The second-order valence-corrected chi connectivity index (χ2v) is 3.92. The largest absolute Gasteiger partial charge is 0.147 e. The van der Waals surface area contributed by atoms with Crippen molar-refractivity contribution >= 4 is 22.9 Å². The van der Waals surface area contributed by atoms with E-state index in [1.54, 1.807) is 16.8 Å². The lowest BCUT2D eigenvalue weighted by atomic mass is 10.1. The van der Waals surface area contributed by atoms with Gasteiger partial charge < -0.3 is 0 Å². The highest BCUT2D eigenvalue weighted by atomic mass is 35.5. The average Bonchev–Trinajstić information content (AvgIpc) is 2.53. The van der Waals surface area contributed by atoms with Gasteiger partial charge in [0.2, 0.25) is 0 Å². The standard InChI is InChI=1S/C7H11ClN2S/c1-3-6(8)5(2)7-10-9-4-11-7/h4-6H,3H2,1-2H3. The molecular formula is C7H11ClN2S. The minimum atomic E-state index is 0.183. The molecule has 0 N–H and O–H groups in total. The van der Waals surface area contributed by atoms with Crippen LogP contribution in [0.1, 0.15) is 31.2 Å². The van der Waals surface area contributed by atoms with E-state index >= 15 is 0 Å². The molecular weight excluding hydrogens is 180 g/mol. The van der Waals surface area contributed by atoms with Crippen LogP contribution in [-0.4, -0.2) is 15.6 Å². The van der Waals surface area contributed by atoms with Crippen LogP contribution in [0.5, 0.6) is 0 Å². The fourth-order valence-corrected chi connectivity index (χ4v) is 1.76. The Labute approximate surface area is 75.6 Å². The molecule has 0 fully saturated rings. The summed E-state index contributed by atoms with van der Waals surface area (Å²) in [6, 6.07) is 0. The van der Waals surface area contributed by atoms with Gasteiger partial charge in [0.15, 0.2) is 0 Å². The van der Waals surface area contributed by atoms with E-state index in [-0.39, 0.29) is 5.38 Å². The number of alkyl halides is 1. The Balaban J connectivity index is 2.62. The van der Waals surface area contributed by atoms with Gasteiger partial charge in [-0.05, 0) is 6.42 Å². The van der Waals surface area contributed by atoms with Crippen molar-refractivity contribution in [2.45, 2.75) is 31.6 Å². The van der Waals surface area contributed by atoms with Gasteiger partial charge in [-0.2, -0.15) is 0 Å². The Kier molecular flexibility index (Phi) is 3.27. The van der Waals surface area contributed by atoms with Crippen LogP contribution in [-0.2, 0) is 0 Å². The summed E-state index contributed by atoms with van der Waals surface area (Å²) < 4.78 is 0. The molecule has 2 nitrogen and oxygen atoms in total. The van der Waals surface area contributed by atoms with Gasteiger partial charge in [0.1, 0.15) is 10.5 Å². The Bertz CT molecular complexity index is 200. The summed E-state index contributed by atoms with van der Waals surface area (Å²) in [5.41, 5.74) is 1.74. The molecule has 0 amide bonds. The highest BCUT2D eigenvalue weighted by Crippen LogP contribution is 2.25. The molecule has 0 aliphatic heterocycles. The van der Waals surface area contributed by atoms with Crippen molar-refractivity contribution < 1.29 is 0 Å². The summed E-state index contributed by atoms with van der Waals surface area (Å²) in [6.45, 7) is 4.16. The van der Waals surface area contributed by atoms with E-state index in [1.165, 1.54) is 0 Å². The highest BCUT2D eigenvalue weighted by molar-refractivity contribution is 7.09. The van der Waals surface area contributed by atoms with E-state index in [0.29, 0.717) is 5.92 Å².